The SMILES string of the molecule is COc1cc2c(cc1OC)[C@@H](CC(C)C)N(c1ccnc(-c3ncccn3)n1)C2=O. The van der Waals surface area contributed by atoms with E-state index in [0.717, 1.165) is 12.0 Å². The first kappa shape index (κ1) is 19.8. The van der Waals surface area contributed by atoms with Gasteiger partial charge in [-0.3, -0.25) is 9.69 Å². The van der Waals surface area contributed by atoms with Crippen molar-refractivity contribution in [2.24, 2.45) is 5.92 Å². The third kappa shape index (κ3) is 3.45. The molecule has 1 aromatic carbocycles. The van der Waals surface area contributed by atoms with E-state index in [4.69, 9.17) is 9.47 Å². The summed E-state index contributed by atoms with van der Waals surface area (Å²) in [6.45, 7) is 4.26. The molecule has 1 aliphatic heterocycles. The largest absolute Gasteiger partial charge is 0.493 e. The van der Waals surface area contributed by atoms with E-state index >= 15 is 0 Å². The quantitative estimate of drug-likeness (QED) is 0.618. The zero-order chi connectivity index (χ0) is 21.3. The van der Waals surface area contributed by atoms with Crippen molar-refractivity contribution < 1.29 is 14.3 Å². The van der Waals surface area contributed by atoms with Crippen molar-refractivity contribution in [3.05, 3.63) is 54.0 Å². The molecule has 8 nitrogen and oxygen atoms in total. The number of benzene rings is 1. The van der Waals surface area contributed by atoms with Crippen molar-refractivity contribution in [2.45, 2.75) is 26.3 Å². The van der Waals surface area contributed by atoms with E-state index in [9.17, 15) is 4.79 Å². The average Bonchev–Trinajstić information content (AvgIpc) is 3.03. The van der Waals surface area contributed by atoms with Gasteiger partial charge in [0.15, 0.2) is 23.1 Å². The number of ether oxygens (including phenoxy) is 2. The van der Waals surface area contributed by atoms with Crippen LogP contribution < -0.4 is 14.4 Å². The summed E-state index contributed by atoms with van der Waals surface area (Å²) in [5.74, 6) is 2.65. The molecule has 8 heteroatoms. The third-order valence-corrected chi connectivity index (χ3v) is 5.02. The molecule has 154 valence electrons. The van der Waals surface area contributed by atoms with Gasteiger partial charge in [-0.05, 0) is 42.2 Å². The molecule has 0 bridgehead atoms. The molecule has 1 atom stereocenters. The topological polar surface area (TPSA) is 90.3 Å². The van der Waals surface area contributed by atoms with Crippen LogP contribution in [0.4, 0.5) is 5.82 Å². The van der Waals surface area contributed by atoms with Crippen LogP contribution in [0, 0.1) is 5.92 Å². The van der Waals surface area contributed by atoms with Gasteiger partial charge >= 0.3 is 0 Å². The predicted molar refractivity (Wildman–Crippen MR) is 112 cm³/mol. The minimum Gasteiger partial charge on any atom is -0.493 e. The molecular weight excluding hydrogens is 382 g/mol. The second-order valence-electron chi connectivity index (χ2n) is 7.43. The molecule has 30 heavy (non-hydrogen) atoms. The maximum Gasteiger partial charge on any atom is 0.260 e. The Labute approximate surface area is 174 Å². The average molecular weight is 405 g/mol. The standard InChI is InChI=1S/C22H23N5O3/c1-13(2)10-16-14-11-17(29-3)18(30-4)12-15(14)22(28)27(16)19-6-9-25-21(26-19)20-23-7-5-8-24-20/h5-9,11-13,16H,10H2,1-4H3/t16-/m1/s1. The Morgan fingerprint density at radius 1 is 1.00 bits per heavy atom. The maximum atomic E-state index is 13.4. The molecule has 0 saturated heterocycles. The van der Waals surface area contributed by atoms with E-state index in [-0.39, 0.29) is 11.9 Å². The van der Waals surface area contributed by atoms with E-state index in [1.807, 2.05) is 6.07 Å². The number of anilines is 1. The highest BCUT2D eigenvalue weighted by Crippen LogP contribution is 2.44. The van der Waals surface area contributed by atoms with E-state index in [1.165, 1.54) is 0 Å². The molecule has 0 unspecified atom stereocenters. The Balaban J connectivity index is 1.82. The van der Waals surface area contributed by atoms with E-state index in [0.29, 0.717) is 40.4 Å². The molecule has 1 amide bonds. The first-order valence-corrected chi connectivity index (χ1v) is 9.73. The lowest BCUT2D eigenvalue weighted by Crippen LogP contribution is -2.29. The summed E-state index contributed by atoms with van der Waals surface area (Å²) >= 11 is 0. The van der Waals surface area contributed by atoms with Gasteiger partial charge in [-0.25, -0.2) is 19.9 Å². The zero-order valence-corrected chi connectivity index (χ0v) is 17.4. The van der Waals surface area contributed by atoms with E-state index in [1.54, 1.807) is 55.9 Å². The fraction of sp³-hybridized carbons (Fsp3) is 0.318. The number of hydrogen-bond donors (Lipinski definition) is 0. The summed E-state index contributed by atoms with van der Waals surface area (Å²) in [5, 5.41) is 0. The molecule has 0 N–H and O–H groups in total. The lowest BCUT2D eigenvalue weighted by Gasteiger charge is -2.26. The fourth-order valence-corrected chi connectivity index (χ4v) is 3.71. The Morgan fingerprint density at radius 3 is 2.33 bits per heavy atom. The summed E-state index contributed by atoms with van der Waals surface area (Å²) in [4.78, 5) is 32.5. The minimum absolute atomic E-state index is 0.129. The van der Waals surface area contributed by atoms with Crippen molar-refractivity contribution in [3.63, 3.8) is 0 Å². The van der Waals surface area contributed by atoms with Crippen molar-refractivity contribution in [1.82, 2.24) is 19.9 Å². The molecule has 0 radical (unpaired) electrons. The lowest BCUT2D eigenvalue weighted by atomic mass is 9.96. The summed E-state index contributed by atoms with van der Waals surface area (Å²) in [5.41, 5.74) is 1.50. The van der Waals surface area contributed by atoms with Crippen LogP contribution in [0.15, 0.2) is 42.9 Å². The minimum atomic E-state index is -0.174. The van der Waals surface area contributed by atoms with Crippen molar-refractivity contribution in [2.75, 3.05) is 19.1 Å². The highest BCUT2D eigenvalue weighted by molar-refractivity contribution is 6.11. The molecule has 0 saturated carbocycles. The number of methoxy groups -OCH3 is 2. The van der Waals surface area contributed by atoms with E-state index in [2.05, 4.69) is 33.8 Å². The second-order valence-corrected chi connectivity index (χ2v) is 7.43. The highest BCUT2D eigenvalue weighted by atomic mass is 16.5. The molecule has 0 fully saturated rings. The van der Waals surface area contributed by atoms with Gasteiger partial charge in [0.1, 0.15) is 5.82 Å². The van der Waals surface area contributed by atoms with Gasteiger partial charge in [-0.1, -0.05) is 13.8 Å². The van der Waals surface area contributed by atoms with Crippen LogP contribution in [0.2, 0.25) is 0 Å². The molecule has 3 aromatic rings. The van der Waals surface area contributed by atoms with Crippen LogP contribution in [0.25, 0.3) is 11.6 Å². The maximum absolute atomic E-state index is 13.4. The Morgan fingerprint density at radius 2 is 1.67 bits per heavy atom. The van der Waals surface area contributed by atoms with Crippen LogP contribution in [-0.4, -0.2) is 40.1 Å². The van der Waals surface area contributed by atoms with Gasteiger partial charge in [-0.15, -0.1) is 0 Å². The third-order valence-electron chi connectivity index (χ3n) is 5.02. The predicted octanol–water partition coefficient (Wildman–Crippen LogP) is 3.70. The number of carbonyl (C=O) groups is 1. The van der Waals surface area contributed by atoms with Crippen molar-refractivity contribution >= 4 is 11.7 Å². The van der Waals surface area contributed by atoms with Gasteiger partial charge in [0, 0.05) is 24.2 Å². The van der Waals surface area contributed by atoms with Gasteiger partial charge in [0.05, 0.1) is 20.3 Å². The Hall–Kier alpha value is -3.55. The second kappa shape index (κ2) is 8.06. The van der Waals surface area contributed by atoms with Crippen LogP contribution in [-0.2, 0) is 0 Å². The van der Waals surface area contributed by atoms with Crippen LogP contribution in [0.5, 0.6) is 11.5 Å². The zero-order valence-electron chi connectivity index (χ0n) is 17.4. The van der Waals surface area contributed by atoms with Crippen LogP contribution >= 0.6 is 0 Å². The molecule has 0 aliphatic carbocycles. The molecular formula is C22H23N5O3. The van der Waals surface area contributed by atoms with Gasteiger partial charge in [-0.2, -0.15) is 0 Å². The number of aromatic nitrogens is 4. The molecule has 4 rings (SSSR count). The molecule has 3 heterocycles. The van der Waals surface area contributed by atoms with Crippen LogP contribution in [0.3, 0.4) is 0 Å². The number of fused-ring (bicyclic) bond motifs is 1. The van der Waals surface area contributed by atoms with Crippen molar-refractivity contribution in [3.8, 4) is 23.1 Å². The van der Waals surface area contributed by atoms with Gasteiger partial charge < -0.3 is 9.47 Å². The normalized spacial score (nSPS) is 15.4. The number of rotatable bonds is 6. The summed E-state index contributed by atoms with van der Waals surface area (Å²) in [7, 11) is 3.15. The molecule has 0 spiro atoms. The highest BCUT2D eigenvalue weighted by Gasteiger charge is 2.40. The number of carbonyl (C=O) groups excluding carboxylic acids is 1. The number of hydrogen-bond acceptors (Lipinski definition) is 7. The Bertz CT molecular complexity index is 1070. The fourth-order valence-electron chi connectivity index (χ4n) is 3.71. The summed E-state index contributed by atoms with van der Waals surface area (Å²) in [6, 6.07) is 6.92. The summed E-state index contributed by atoms with van der Waals surface area (Å²) < 4.78 is 10.9. The van der Waals surface area contributed by atoms with Gasteiger partial charge in [0.25, 0.3) is 5.91 Å². The number of amides is 1. The Kier molecular flexibility index (Phi) is 5.31. The van der Waals surface area contributed by atoms with Gasteiger partial charge in [0.2, 0.25) is 0 Å². The summed E-state index contributed by atoms with van der Waals surface area (Å²) in [6.07, 6.45) is 5.66. The molecule has 1 aliphatic rings. The smallest absolute Gasteiger partial charge is 0.260 e. The van der Waals surface area contributed by atoms with Crippen LogP contribution in [0.1, 0.15) is 42.2 Å². The first-order valence-electron chi connectivity index (χ1n) is 9.73. The monoisotopic (exact) mass is 405 g/mol. The number of nitrogens with zero attached hydrogens (tertiary/aromatic N) is 5. The first-order chi connectivity index (χ1) is 14.5. The van der Waals surface area contributed by atoms with E-state index < -0.39 is 0 Å². The molecule has 2 aromatic heterocycles. The lowest BCUT2D eigenvalue weighted by molar-refractivity contribution is 0.0988. The van der Waals surface area contributed by atoms with Crippen molar-refractivity contribution in [1.29, 1.82) is 0 Å².